The zero-order chi connectivity index (χ0) is 13.5. The number of nitrogens with one attached hydrogen (secondary N) is 2. The van der Waals surface area contributed by atoms with Crippen LogP contribution in [0, 0.1) is 0 Å². The van der Waals surface area contributed by atoms with Gasteiger partial charge in [0.15, 0.2) is 0 Å². The van der Waals surface area contributed by atoms with Gasteiger partial charge in [-0.3, -0.25) is 0 Å². The molecular weight excluding hydrogens is 238 g/mol. The Morgan fingerprint density at radius 1 is 1.37 bits per heavy atom. The maximum Gasteiger partial charge on any atom is 0.123 e. The number of H-pyrrole nitrogens is 1. The molecule has 2 rings (SSSR count). The van der Waals surface area contributed by atoms with Gasteiger partial charge in [-0.25, -0.2) is 4.98 Å². The molecule has 0 saturated heterocycles. The summed E-state index contributed by atoms with van der Waals surface area (Å²) >= 11 is 0. The summed E-state index contributed by atoms with van der Waals surface area (Å²) in [6.45, 7) is 3.12. The molecule has 1 aromatic heterocycles. The summed E-state index contributed by atoms with van der Waals surface area (Å²) in [5.41, 5.74) is 1.20. The lowest BCUT2D eigenvalue weighted by Gasteiger charge is -2.17. The van der Waals surface area contributed by atoms with Gasteiger partial charge in [-0.15, -0.1) is 0 Å². The highest BCUT2D eigenvalue weighted by atomic mass is 16.5. The number of aromatic amines is 1. The van der Waals surface area contributed by atoms with E-state index in [9.17, 15) is 0 Å². The molecule has 102 valence electrons. The summed E-state index contributed by atoms with van der Waals surface area (Å²) in [7, 11) is 1.71. The quantitative estimate of drug-likeness (QED) is 0.752. The van der Waals surface area contributed by atoms with Crippen LogP contribution in [0.15, 0.2) is 36.7 Å². The van der Waals surface area contributed by atoms with Crippen molar-refractivity contribution in [3.63, 3.8) is 0 Å². The van der Waals surface area contributed by atoms with Gasteiger partial charge in [0, 0.05) is 30.4 Å². The molecule has 0 saturated carbocycles. The van der Waals surface area contributed by atoms with Crippen LogP contribution in [0.2, 0.25) is 0 Å². The molecule has 1 unspecified atom stereocenters. The molecule has 0 aliphatic rings. The molecule has 0 aliphatic heterocycles. The van der Waals surface area contributed by atoms with E-state index in [1.54, 1.807) is 13.3 Å². The van der Waals surface area contributed by atoms with Crippen molar-refractivity contribution < 1.29 is 4.74 Å². The lowest BCUT2D eigenvalue weighted by molar-refractivity contribution is 0.401. The summed E-state index contributed by atoms with van der Waals surface area (Å²) in [5.74, 6) is 1.99. The van der Waals surface area contributed by atoms with Crippen LogP contribution >= 0.6 is 0 Å². The third-order valence-electron chi connectivity index (χ3n) is 3.20. The van der Waals surface area contributed by atoms with Gasteiger partial charge in [-0.1, -0.05) is 18.2 Å². The van der Waals surface area contributed by atoms with E-state index in [4.69, 9.17) is 4.74 Å². The molecule has 0 radical (unpaired) electrons. The Labute approximate surface area is 114 Å². The van der Waals surface area contributed by atoms with Crippen molar-refractivity contribution in [2.75, 3.05) is 13.7 Å². The Morgan fingerprint density at radius 3 is 2.95 bits per heavy atom. The summed E-state index contributed by atoms with van der Waals surface area (Å²) < 4.78 is 5.38. The van der Waals surface area contributed by atoms with Crippen LogP contribution in [0.25, 0.3) is 0 Å². The minimum absolute atomic E-state index is 0.285. The topological polar surface area (TPSA) is 49.9 Å². The van der Waals surface area contributed by atoms with Gasteiger partial charge in [0.05, 0.1) is 7.11 Å². The van der Waals surface area contributed by atoms with Gasteiger partial charge < -0.3 is 15.0 Å². The Balaban J connectivity index is 1.79. The van der Waals surface area contributed by atoms with E-state index in [-0.39, 0.29) is 6.04 Å². The van der Waals surface area contributed by atoms with Crippen LogP contribution in [0.5, 0.6) is 5.75 Å². The second-order valence-electron chi connectivity index (χ2n) is 4.56. The lowest BCUT2D eigenvalue weighted by atomic mass is 10.1. The number of aromatic nitrogens is 2. The van der Waals surface area contributed by atoms with Crippen LogP contribution < -0.4 is 10.1 Å². The maximum atomic E-state index is 5.38. The number of para-hydroxylation sites is 1. The largest absolute Gasteiger partial charge is 0.496 e. The number of nitrogens with zero attached hydrogens (tertiary/aromatic N) is 1. The van der Waals surface area contributed by atoms with Crippen molar-refractivity contribution in [3.05, 3.63) is 48.0 Å². The molecule has 19 heavy (non-hydrogen) atoms. The van der Waals surface area contributed by atoms with E-state index >= 15 is 0 Å². The fraction of sp³-hybridized carbons (Fsp3) is 0.400. The number of methoxy groups -OCH3 is 1. The maximum absolute atomic E-state index is 5.38. The molecule has 1 heterocycles. The molecule has 2 N–H and O–H groups in total. The molecule has 0 bridgehead atoms. The van der Waals surface area contributed by atoms with Crippen molar-refractivity contribution >= 4 is 0 Å². The molecule has 0 aliphatic carbocycles. The number of hydrogen-bond acceptors (Lipinski definition) is 3. The van der Waals surface area contributed by atoms with Gasteiger partial charge in [0.25, 0.3) is 0 Å². The molecule has 4 heteroatoms. The van der Waals surface area contributed by atoms with Gasteiger partial charge in [-0.05, 0) is 26.0 Å². The molecule has 0 spiro atoms. The number of hydrogen-bond donors (Lipinski definition) is 2. The Hall–Kier alpha value is -1.81. The molecule has 0 fully saturated rings. The van der Waals surface area contributed by atoms with Crippen molar-refractivity contribution in [2.45, 2.75) is 25.8 Å². The Bertz CT molecular complexity index is 482. The smallest absolute Gasteiger partial charge is 0.123 e. The zero-order valence-electron chi connectivity index (χ0n) is 11.5. The molecule has 1 atom stereocenters. The zero-order valence-corrected chi connectivity index (χ0v) is 11.5. The van der Waals surface area contributed by atoms with Gasteiger partial charge in [0.1, 0.15) is 11.6 Å². The summed E-state index contributed by atoms with van der Waals surface area (Å²) in [6.07, 6.45) is 5.69. The molecule has 1 aromatic carbocycles. The highest BCUT2D eigenvalue weighted by Crippen LogP contribution is 2.24. The lowest BCUT2D eigenvalue weighted by Crippen LogP contribution is -2.20. The summed E-state index contributed by atoms with van der Waals surface area (Å²) in [6, 6.07) is 8.41. The second-order valence-corrected chi connectivity index (χ2v) is 4.56. The van der Waals surface area contributed by atoms with E-state index in [2.05, 4.69) is 28.3 Å². The molecular formula is C15H21N3O. The normalized spacial score (nSPS) is 12.3. The fourth-order valence-corrected chi connectivity index (χ4v) is 2.14. The first-order chi connectivity index (χ1) is 9.31. The van der Waals surface area contributed by atoms with Crippen LogP contribution in [0.1, 0.15) is 30.8 Å². The van der Waals surface area contributed by atoms with Gasteiger partial charge in [0.2, 0.25) is 0 Å². The summed E-state index contributed by atoms with van der Waals surface area (Å²) in [5, 5.41) is 3.51. The average molecular weight is 259 g/mol. The van der Waals surface area contributed by atoms with Crippen LogP contribution in [-0.4, -0.2) is 23.6 Å². The van der Waals surface area contributed by atoms with Crippen molar-refractivity contribution in [2.24, 2.45) is 0 Å². The third kappa shape index (κ3) is 3.83. The second kappa shape index (κ2) is 6.95. The van der Waals surface area contributed by atoms with Crippen molar-refractivity contribution in [1.29, 1.82) is 0 Å². The minimum Gasteiger partial charge on any atom is -0.496 e. The predicted octanol–water partition coefficient (Wildman–Crippen LogP) is 2.70. The van der Waals surface area contributed by atoms with Crippen LogP contribution in [0.4, 0.5) is 0 Å². The first-order valence-corrected chi connectivity index (χ1v) is 6.66. The molecule has 2 aromatic rings. The van der Waals surface area contributed by atoms with Gasteiger partial charge >= 0.3 is 0 Å². The van der Waals surface area contributed by atoms with E-state index in [0.29, 0.717) is 0 Å². The monoisotopic (exact) mass is 259 g/mol. The number of ether oxygens (including phenoxy) is 1. The average Bonchev–Trinajstić information content (AvgIpc) is 2.96. The SMILES string of the molecule is COc1ccccc1C(C)NCCCc1ncc[nH]1. The highest BCUT2D eigenvalue weighted by molar-refractivity contribution is 5.35. The first kappa shape index (κ1) is 13.6. The van der Waals surface area contributed by atoms with E-state index in [0.717, 1.165) is 31.0 Å². The number of rotatable bonds is 7. The standard InChI is InChI=1S/C15H21N3O/c1-12(13-6-3-4-7-14(13)19-2)16-9-5-8-15-17-10-11-18-15/h3-4,6-7,10-12,16H,5,8-9H2,1-2H3,(H,17,18). The van der Waals surface area contributed by atoms with E-state index < -0.39 is 0 Å². The number of imidazole rings is 1. The number of aryl methyl sites for hydroxylation is 1. The highest BCUT2D eigenvalue weighted by Gasteiger charge is 2.09. The predicted molar refractivity (Wildman–Crippen MR) is 76.3 cm³/mol. The van der Waals surface area contributed by atoms with E-state index in [1.165, 1.54) is 5.56 Å². The van der Waals surface area contributed by atoms with Gasteiger partial charge in [-0.2, -0.15) is 0 Å². The molecule has 4 nitrogen and oxygen atoms in total. The van der Waals surface area contributed by atoms with Crippen molar-refractivity contribution in [1.82, 2.24) is 15.3 Å². The first-order valence-electron chi connectivity index (χ1n) is 6.66. The third-order valence-corrected chi connectivity index (χ3v) is 3.20. The van der Waals surface area contributed by atoms with Crippen LogP contribution in [0.3, 0.4) is 0 Å². The van der Waals surface area contributed by atoms with Crippen LogP contribution in [-0.2, 0) is 6.42 Å². The Morgan fingerprint density at radius 2 is 2.21 bits per heavy atom. The Kier molecular flexibility index (Phi) is 4.98. The van der Waals surface area contributed by atoms with Crippen molar-refractivity contribution in [3.8, 4) is 5.75 Å². The summed E-state index contributed by atoms with van der Waals surface area (Å²) in [4.78, 5) is 7.33. The minimum atomic E-state index is 0.285. The fourth-order valence-electron chi connectivity index (χ4n) is 2.14. The van der Waals surface area contributed by atoms with E-state index in [1.807, 2.05) is 24.4 Å². The molecule has 0 amide bonds. The number of benzene rings is 1.